The van der Waals surface area contributed by atoms with Crippen LogP contribution in [-0.2, 0) is 4.79 Å². The van der Waals surface area contributed by atoms with Gasteiger partial charge in [-0.15, -0.1) is 10.2 Å². The van der Waals surface area contributed by atoms with Crippen LogP contribution >= 0.6 is 0 Å². The number of aromatic nitrogens is 5. The van der Waals surface area contributed by atoms with Crippen LogP contribution in [0, 0.1) is 6.92 Å². The third-order valence-corrected chi connectivity index (χ3v) is 4.48. The van der Waals surface area contributed by atoms with E-state index in [9.17, 15) is 9.59 Å². The van der Waals surface area contributed by atoms with Crippen molar-refractivity contribution < 1.29 is 9.53 Å². The molecule has 9 heteroatoms. The highest BCUT2D eigenvalue weighted by Crippen LogP contribution is 2.22. The molecule has 28 heavy (non-hydrogen) atoms. The minimum Gasteiger partial charge on any atom is -0.484 e. The number of hydrogen-bond donors (Lipinski definition) is 1. The summed E-state index contributed by atoms with van der Waals surface area (Å²) < 4.78 is 7.15. The van der Waals surface area contributed by atoms with E-state index in [1.165, 1.54) is 11.0 Å². The fraction of sp³-hybridized carbons (Fsp3) is 0.316. The number of ether oxygens (including phenoxy) is 1. The van der Waals surface area contributed by atoms with Gasteiger partial charge < -0.3 is 14.2 Å². The molecule has 1 aromatic carbocycles. The van der Waals surface area contributed by atoms with Gasteiger partial charge in [0.1, 0.15) is 5.75 Å². The number of nitrogens with one attached hydrogen (secondary N) is 1. The largest absolute Gasteiger partial charge is 0.484 e. The van der Waals surface area contributed by atoms with Gasteiger partial charge in [-0.25, -0.2) is 0 Å². The fourth-order valence-corrected chi connectivity index (χ4v) is 2.88. The summed E-state index contributed by atoms with van der Waals surface area (Å²) in [6.07, 6.45) is 0. The maximum absolute atomic E-state index is 12.7. The van der Waals surface area contributed by atoms with Crippen molar-refractivity contribution in [1.82, 2.24) is 30.1 Å². The number of aryl methyl sites for hydroxylation is 1. The smallest absolute Gasteiger partial charge is 0.259 e. The van der Waals surface area contributed by atoms with Crippen LogP contribution in [0.25, 0.3) is 11.4 Å². The number of hydrogen-bond acceptors (Lipinski definition) is 6. The molecule has 0 aliphatic carbocycles. The first-order valence-corrected chi connectivity index (χ1v) is 8.76. The van der Waals surface area contributed by atoms with E-state index < -0.39 is 0 Å². The zero-order valence-electron chi connectivity index (χ0n) is 16.2. The summed E-state index contributed by atoms with van der Waals surface area (Å²) in [5.41, 5.74) is 2.36. The Morgan fingerprint density at radius 2 is 1.96 bits per heavy atom. The summed E-state index contributed by atoms with van der Waals surface area (Å²) in [7, 11) is 3.31. The molecule has 9 nitrogen and oxygen atoms in total. The van der Waals surface area contributed by atoms with Crippen LogP contribution in [0.4, 0.5) is 0 Å². The number of aromatic amines is 1. The van der Waals surface area contributed by atoms with Crippen molar-refractivity contribution in [2.24, 2.45) is 0 Å². The lowest BCUT2D eigenvalue weighted by molar-refractivity contribution is -0.130. The van der Waals surface area contributed by atoms with Gasteiger partial charge >= 0.3 is 0 Å². The standard InChI is InChI=1S/C19H22N6O3/c1-12-9-16(28-11-18(27)24(3)4)10-17(26)25(12)13(2)14-5-7-15(8-6-14)19-20-22-23-21-19/h5-10,13H,11H2,1-4H3,(H,20,21,22,23)/t13-/m1/s1. The van der Waals surface area contributed by atoms with Crippen molar-refractivity contribution in [1.29, 1.82) is 0 Å². The summed E-state index contributed by atoms with van der Waals surface area (Å²) >= 11 is 0. The molecule has 1 amide bonds. The number of likely N-dealkylation sites (N-methyl/N-ethyl adjacent to an activating group) is 1. The van der Waals surface area contributed by atoms with Gasteiger partial charge in [0, 0.05) is 31.4 Å². The van der Waals surface area contributed by atoms with E-state index in [-0.39, 0.29) is 24.1 Å². The number of H-pyrrole nitrogens is 1. The van der Waals surface area contributed by atoms with Gasteiger partial charge in [-0.05, 0) is 30.7 Å². The first-order chi connectivity index (χ1) is 13.4. The summed E-state index contributed by atoms with van der Waals surface area (Å²) in [5.74, 6) is 0.729. The Morgan fingerprint density at radius 1 is 1.25 bits per heavy atom. The molecule has 1 atom stereocenters. The third-order valence-electron chi connectivity index (χ3n) is 4.48. The molecule has 3 aromatic rings. The maximum atomic E-state index is 12.7. The number of benzene rings is 1. The number of carbonyl (C=O) groups excluding carboxylic acids is 1. The average Bonchev–Trinajstić information content (AvgIpc) is 3.20. The summed E-state index contributed by atoms with van der Waals surface area (Å²) in [6.45, 7) is 3.68. The van der Waals surface area contributed by atoms with E-state index in [1.807, 2.05) is 38.1 Å². The second-order valence-electron chi connectivity index (χ2n) is 6.65. The number of pyridine rings is 1. The average molecular weight is 382 g/mol. The quantitative estimate of drug-likeness (QED) is 0.691. The van der Waals surface area contributed by atoms with E-state index >= 15 is 0 Å². The van der Waals surface area contributed by atoms with Gasteiger partial charge in [0.2, 0.25) is 5.82 Å². The Kier molecular flexibility index (Phi) is 5.53. The van der Waals surface area contributed by atoms with Gasteiger partial charge in [-0.2, -0.15) is 5.21 Å². The molecular formula is C19H22N6O3. The highest BCUT2D eigenvalue weighted by molar-refractivity contribution is 5.77. The number of nitrogens with zero attached hydrogens (tertiary/aromatic N) is 5. The Labute approximate surface area is 161 Å². The van der Waals surface area contributed by atoms with Crippen LogP contribution in [0.2, 0.25) is 0 Å². The second-order valence-corrected chi connectivity index (χ2v) is 6.65. The maximum Gasteiger partial charge on any atom is 0.259 e. The molecule has 0 saturated heterocycles. The molecule has 2 aromatic heterocycles. The molecule has 0 saturated carbocycles. The molecule has 0 aliphatic rings. The lowest BCUT2D eigenvalue weighted by Crippen LogP contribution is -2.29. The minimum absolute atomic E-state index is 0.108. The van der Waals surface area contributed by atoms with E-state index in [0.29, 0.717) is 11.6 Å². The van der Waals surface area contributed by atoms with E-state index in [0.717, 1.165) is 16.8 Å². The fourth-order valence-electron chi connectivity index (χ4n) is 2.88. The molecule has 0 bridgehead atoms. The van der Waals surface area contributed by atoms with Crippen molar-refractivity contribution in [2.75, 3.05) is 20.7 Å². The number of tetrazole rings is 1. The van der Waals surface area contributed by atoms with Crippen molar-refractivity contribution in [3.63, 3.8) is 0 Å². The van der Waals surface area contributed by atoms with Gasteiger partial charge in [-0.3, -0.25) is 9.59 Å². The third kappa shape index (κ3) is 4.08. The molecule has 0 aliphatic heterocycles. The van der Waals surface area contributed by atoms with E-state index in [1.54, 1.807) is 24.7 Å². The van der Waals surface area contributed by atoms with Crippen molar-refractivity contribution in [3.05, 3.63) is 58.0 Å². The normalized spacial score (nSPS) is 11.9. The molecule has 1 N–H and O–H groups in total. The number of carbonyl (C=O) groups is 1. The Morgan fingerprint density at radius 3 is 2.54 bits per heavy atom. The van der Waals surface area contributed by atoms with E-state index in [2.05, 4.69) is 20.6 Å². The Bertz CT molecular complexity index is 1010. The highest BCUT2D eigenvalue weighted by Gasteiger charge is 2.15. The molecular weight excluding hydrogens is 360 g/mol. The zero-order chi connectivity index (χ0) is 20.3. The Hall–Kier alpha value is -3.49. The van der Waals surface area contributed by atoms with E-state index in [4.69, 9.17) is 4.74 Å². The topological polar surface area (TPSA) is 106 Å². The van der Waals surface area contributed by atoms with Crippen molar-refractivity contribution in [3.8, 4) is 17.1 Å². The molecule has 3 rings (SSSR count). The summed E-state index contributed by atoms with van der Waals surface area (Å²) in [4.78, 5) is 25.8. The van der Waals surface area contributed by atoms with Crippen molar-refractivity contribution in [2.45, 2.75) is 19.9 Å². The van der Waals surface area contributed by atoms with Crippen LogP contribution in [-0.4, -0.2) is 56.7 Å². The molecule has 0 fully saturated rings. The minimum atomic E-state index is -0.193. The Balaban J connectivity index is 1.81. The second kappa shape index (κ2) is 8.03. The first kappa shape index (κ1) is 19.3. The van der Waals surface area contributed by atoms with Crippen LogP contribution in [0.5, 0.6) is 5.75 Å². The molecule has 0 unspecified atom stereocenters. The summed E-state index contributed by atoms with van der Waals surface area (Å²) in [5, 5.41) is 13.9. The molecule has 0 spiro atoms. The highest BCUT2D eigenvalue weighted by atomic mass is 16.5. The zero-order valence-corrected chi connectivity index (χ0v) is 16.2. The van der Waals surface area contributed by atoms with Gasteiger partial charge in [0.25, 0.3) is 11.5 Å². The lowest BCUT2D eigenvalue weighted by atomic mass is 10.0. The van der Waals surface area contributed by atoms with Crippen LogP contribution in [0.15, 0.2) is 41.2 Å². The SMILES string of the molecule is Cc1cc(OCC(=O)N(C)C)cc(=O)n1[C@H](C)c1ccc(-c2nn[nH]n2)cc1. The number of amides is 1. The van der Waals surface area contributed by atoms with Gasteiger partial charge in [0.15, 0.2) is 6.61 Å². The number of rotatable bonds is 6. The van der Waals surface area contributed by atoms with Crippen molar-refractivity contribution >= 4 is 5.91 Å². The monoisotopic (exact) mass is 382 g/mol. The van der Waals surface area contributed by atoms with Gasteiger partial charge in [-0.1, -0.05) is 24.3 Å². The van der Waals surface area contributed by atoms with Crippen LogP contribution in [0.3, 0.4) is 0 Å². The molecule has 146 valence electrons. The predicted octanol–water partition coefficient (Wildman–Crippen LogP) is 1.41. The van der Waals surface area contributed by atoms with Crippen LogP contribution < -0.4 is 10.3 Å². The molecule has 2 heterocycles. The summed E-state index contributed by atoms with van der Waals surface area (Å²) in [6, 6.07) is 10.6. The first-order valence-electron chi connectivity index (χ1n) is 8.76. The molecule has 0 radical (unpaired) electrons. The predicted molar refractivity (Wildman–Crippen MR) is 103 cm³/mol. The lowest BCUT2D eigenvalue weighted by Gasteiger charge is -2.20. The van der Waals surface area contributed by atoms with Gasteiger partial charge in [0.05, 0.1) is 6.04 Å². The van der Waals surface area contributed by atoms with Crippen LogP contribution in [0.1, 0.15) is 24.2 Å².